The van der Waals surface area contributed by atoms with E-state index in [2.05, 4.69) is 15.5 Å². The fraction of sp³-hybridized carbons (Fsp3) is 0.368. The van der Waals surface area contributed by atoms with Gasteiger partial charge in [0.2, 0.25) is 0 Å². The average Bonchev–Trinajstić information content (AvgIpc) is 2.90. The molecule has 2 N–H and O–H groups in total. The van der Waals surface area contributed by atoms with Crippen LogP contribution in [0.3, 0.4) is 0 Å². The number of nitrogens with zero attached hydrogens (tertiary/aromatic N) is 2. The van der Waals surface area contributed by atoms with Crippen LogP contribution in [0.15, 0.2) is 29.1 Å². The van der Waals surface area contributed by atoms with Crippen LogP contribution in [-0.4, -0.2) is 28.2 Å². The Morgan fingerprint density at radius 1 is 1.15 bits per heavy atom. The van der Waals surface area contributed by atoms with E-state index in [1.165, 1.54) is 4.90 Å². The molecule has 7 heteroatoms. The normalized spacial score (nSPS) is 19.4. The lowest BCUT2D eigenvalue weighted by atomic mass is 9.90. The van der Waals surface area contributed by atoms with Gasteiger partial charge in [-0.05, 0) is 55.9 Å². The number of H-pyrrole nitrogens is 1. The number of hydrogen-bond acceptors (Lipinski definition) is 4. The fourth-order valence-electron chi connectivity index (χ4n) is 3.72. The minimum atomic E-state index is -0.515. The molecule has 26 heavy (non-hydrogen) atoms. The molecule has 7 nitrogen and oxygen atoms in total. The van der Waals surface area contributed by atoms with Crippen LogP contribution in [0.1, 0.15) is 42.1 Å². The number of hydrogen-bond donors (Lipinski definition) is 2. The number of carbonyl (C=O) groups excluding carboxylic acids is 2. The first-order valence-electron chi connectivity index (χ1n) is 8.87. The smallest absolute Gasteiger partial charge is 0.326 e. The van der Waals surface area contributed by atoms with Gasteiger partial charge in [0, 0.05) is 12.0 Å². The number of carbonyl (C=O) groups is 2. The van der Waals surface area contributed by atoms with Crippen molar-refractivity contribution >= 4 is 17.6 Å². The highest BCUT2D eigenvalue weighted by Gasteiger charge is 2.36. The Balaban J connectivity index is 1.66. The number of amides is 3. The van der Waals surface area contributed by atoms with E-state index >= 15 is 0 Å². The van der Waals surface area contributed by atoms with Crippen LogP contribution >= 0.6 is 0 Å². The van der Waals surface area contributed by atoms with Crippen LogP contribution in [0.25, 0.3) is 0 Å². The summed E-state index contributed by atoms with van der Waals surface area (Å²) < 4.78 is 0. The van der Waals surface area contributed by atoms with E-state index in [-0.39, 0.29) is 11.5 Å². The highest BCUT2D eigenvalue weighted by Crippen LogP contribution is 2.25. The summed E-state index contributed by atoms with van der Waals surface area (Å²) in [7, 11) is 0. The second-order valence-electron chi connectivity index (χ2n) is 6.86. The summed E-state index contributed by atoms with van der Waals surface area (Å²) in [5.41, 5.74) is 4.16. The number of urea groups is 1. The predicted molar refractivity (Wildman–Crippen MR) is 96.2 cm³/mol. The molecule has 0 bridgehead atoms. The number of imide groups is 1. The molecule has 2 aliphatic rings. The van der Waals surface area contributed by atoms with Crippen LogP contribution < -0.4 is 15.8 Å². The molecule has 1 atom stereocenters. The molecule has 0 spiro atoms. The molecule has 1 aliphatic carbocycles. The quantitative estimate of drug-likeness (QED) is 0.822. The lowest BCUT2D eigenvalue weighted by Crippen LogP contribution is -2.30. The second kappa shape index (κ2) is 6.40. The Morgan fingerprint density at radius 2 is 1.92 bits per heavy atom. The zero-order valence-corrected chi connectivity index (χ0v) is 14.5. The van der Waals surface area contributed by atoms with Gasteiger partial charge >= 0.3 is 6.03 Å². The average molecular weight is 352 g/mol. The van der Waals surface area contributed by atoms with E-state index in [0.717, 1.165) is 48.1 Å². The highest BCUT2D eigenvalue weighted by atomic mass is 16.2. The number of benzene rings is 1. The first-order chi connectivity index (χ1) is 12.5. The minimum Gasteiger partial charge on any atom is -0.326 e. The van der Waals surface area contributed by atoms with E-state index in [1.807, 2.05) is 18.2 Å². The van der Waals surface area contributed by atoms with Crippen LogP contribution in [0.4, 0.5) is 10.5 Å². The largest absolute Gasteiger partial charge is 0.329 e. The van der Waals surface area contributed by atoms with Crippen molar-refractivity contribution in [1.29, 1.82) is 0 Å². The number of anilines is 1. The molecule has 134 valence electrons. The van der Waals surface area contributed by atoms with Gasteiger partial charge in [-0.2, -0.15) is 5.10 Å². The summed E-state index contributed by atoms with van der Waals surface area (Å²) in [5, 5.41) is 9.48. The Kier molecular flexibility index (Phi) is 4.06. The topological polar surface area (TPSA) is 95.2 Å². The Labute approximate surface area is 150 Å². The van der Waals surface area contributed by atoms with Crippen molar-refractivity contribution in [2.75, 3.05) is 4.90 Å². The van der Waals surface area contributed by atoms with Crippen molar-refractivity contribution < 1.29 is 9.59 Å². The van der Waals surface area contributed by atoms with Gasteiger partial charge in [0.05, 0.1) is 11.4 Å². The number of aromatic nitrogens is 2. The van der Waals surface area contributed by atoms with E-state index in [1.54, 1.807) is 13.0 Å². The first-order valence-corrected chi connectivity index (χ1v) is 8.87. The van der Waals surface area contributed by atoms with Gasteiger partial charge in [-0.15, -0.1) is 0 Å². The molecule has 4 rings (SSSR count). The third-order valence-corrected chi connectivity index (χ3v) is 5.06. The molecule has 0 saturated carbocycles. The standard InChI is InChI=1S/C19H20N4O3/c1-11-18(25)23(19(26)20-11)13-6-4-5-12(9-13)10-16-14-7-2-3-8-15(14)17(24)22-21-16/h4-6,9,11H,2-3,7-8,10H2,1H3,(H,20,26)(H,22,24)/t11-/m1/s1. The Morgan fingerprint density at radius 3 is 2.65 bits per heavy atom. The molecular formula is C19H20N4O3. The Hall–Kier alpha value is -2.96. The van der Waals surface area contributed by atoms with Crippen molar-refractivity contribution in [2.24, 2.45) is 0 Å². The number of nitrogens with one attached hydrogen (secondary N) is 2. The Bertz CT molecular complexity index is 950. The molecule has 0 radical (unpaired) electrons. The zero-order chi connectivity index (χ0) is 18.3. The minimum absolute atomic E-state index is 0.0921. The molecule has 2 aromatic rings. The maximum absolute atomic E-state index is 12.2. The van der Waals surface area contributed by atoms with Gasteiger partial charge in [-0.3, -0.25) is 9.59 Å². The third kappa shape index (κ3) is 2.79. The molecule has 3 amide bonds. The maximum Gasteiger partial charge on any atom is 0.329 e. The molecule has 1 aromatic heterocycles. The van der Waals surface area contributed by atoms with E-state index in [0.29, 0.717) is 12.1 Å². The second-order valence-corrected chi connectivity index (χ2v) is 6.86. The molecule has 1 aliphatic heterocycles. The number of rotatable bonds is 3. The van der Waals surface area contributed by atoms with Gasteiger partial charge in [0.1, 0.15) is 6.04 Å². The fourth-order valence-corrected chi connectivity index (χ4v) is 3.72. The molecule has 0 unspecified atom stereocenters. The van der Waals surface area contributed by atoms with Gasteiger partial charge in [-0.25, -0.2) is 14.8 Å². The third-order valence-electron chi connectivity index (χ3n) is 5.06. The predicted octanol–water partition coefficient (Wildman–Crippen LogP) is 1.68. The monoisotopic (exact) mass is 352 g/mol. The van der Waals surface area contributed by atoms with Gasteiger partial charge in [0.15, 0.2) is 0 Å². The lowest BCUT2D eigenvalue weighted by Gasteiger charge is -2.18. The summed E-state index contributed by atoms with van der Waals surface area (Å²) in [5.74, 6) is -0.258. The molecule has 1 fully saturated rings. The van der Waals surface area contributed by atoms with Crippen molar-refractivity contribution in [3.63, 3.8) is 0 Å². The van der Waals surface area contributed by atoms with Crippen LogP contribution in [0, 0.1) is 0 Å². The summed E-state index contributed by atoms with van der Waals surface area (Å²) in [6, 6.07) is 6.42. The maximum atomic E-state index is 12.2. The summed E-state index contributed by atoms with van der Waals surface area (Å²) >= 11 is 0. The summed E-state index contributed by atoms with van der Waals surface area (Å²) in [6.45, 7) is 1.67. The number of fused-ring (bicyclic) bond motifs is 1. The lowest BCUT2D eigenvalue weighted by molar-refractivity contribution is -0.117. The van der Waals surface area contributed by atoms with Crippen molar-refractivity contribution in [2.45, 2.75) is 45.1 Å². The summed E-state index contributed by atoms with van der Waals surface area (Å²) in [4.78, 5) is 37.4. The van der Waals surface area contributed by atoms with Crippen LogP contribution in [0.2, 0.25) is 0 Å². The van der Waals surface area contributed by atoms with E-state index < -0.39 is 12.1 Å². The van der Waals surface area contributed by atoms with Gasteiger partial charge < -0.3 is 5.32 Å². The van der Waals surface area contributed by atoms with Crippen molar-refractivity contribution in [3.05, 3.63) is 57.0 Å². The molecule has 1 saturated heterocycles. The zero-order valence-electron chi connectivity index (χ0n) is 14.5. The van der Waals surface area contributed by atoms with E-state index in [9.17, 15) is 14.4 Å². The highest BCUT2D eigenvalue weighted by molar-refractivity contribution is 6.21. The molecule has 1 aromatic carbocycles. The van der Waals surface area contributed by atoms with Crippen LogP contribution in [0.5, 0.6) is 0 Å². The molecule has 2 heterocycles. The van der Waals surface area contributed by atoms with Gasteiger partial charge in [0.25, 0.3) is 11.5 Å². The SMILES string of the molecule is C[C@H]1NC(=O)N(c2cccc(Cc3n[nH]c(=O)c4c3CCCC4)c2)C1=O. The van der Waals surface area contributed by atoms with Crippen LogP contribution in [-0.2, 0) is 24.1 Å². The van der Waals surface area contributed by atoms with Crippen molar-refractivity contribution in [1.82, 2.24) is 15.5 Å². The molecular weight excluding hydrogens is 332 g/mol. The van der Waals surface area contributed by atoms with E-state index in [4.69, 9.17) is 0 Å². The van der Waals surface area contributed by atoms with Crippen molar-refractivity contribution in [3.8, 4) is 0 Å². The summed E-state index contributed by atoms with van der Waals surface area (Å²) in [6.07, 6.45) is 4.30. The van der Waals surface area contributed by atoms with Gasteiger partial charge in [-0.1, -0.05) is 12.1 Å². The number of aromatic amines is 1. The first kappa shape index (κ1) is 16.5.